The molecule has 0 aliphatic rings. The summed E-state index contributed by atoms with van der Waals surface area (Å²) in [7, 11) is -3.80. The topological polar surface area (TPSA) is 119 Å². The molecule has 3 amide bonds. The molecule has 1 heterocycles. The molecule has 0 bridgehead atoms. The van der Waals surface area contributed by atoms with Crippen LogP contribution in [0.2, 0.25) is 0 Å². The predicted octanol–water partition coefficient (Wildman–Crippen LogP) is 2.05. The Labute approximate surface area is 154 Å². The number of alkyl carbamates (subject to hydrolysis) is 1. The minimum absolute atomic E-state index is 0.0293. The van der Waals surface area contributed by atoms with Gasteiger partial charge in [-0.15, -0.1) is 11.3 Å². The lowest BCUT2D eigenvalue weighted by atomic mass is 10.3. The van der Waals surface area contributed by atoms with Gasteiger partial charge < -0.3 is 10.1 Å². The average molecular weight is 396 g/mol. The molecular formula is C16H16N2O6S2. The highest BCUT2D eigenvalue weighted by molar-refractivity contribution is 7.92. The number of benzene rings is 1. The lowest BCUT2D eigenvalue weighted by molar-refractivity contribution is -0.113. The van der Waals surface area contributed by atoms with Crippen LogP contribution < -0.4 is 10.6 Å². The third-order valence-corrected chi connectivity index (χ3v) is 5.54. The zero-order valence-corrected chi connectivity index (χ0v) is 15.4. The van der Waals surface area contributed by atoms with Gasteiger partial charge in [-0.25, -0.2) is 13.2 Å². The highest BCUT2D eigenvalue weighted by Gasteiger charge is 2.22. The van der Waals surface area contributed by atoms with Crippen LogP contribution in [0.25, 0.3) is 0 Å². The molecule has 8 nitrogen and oxygen atoms in total. The first kappa shape index (κ1) is 19.6. The highest BCUT2D eigenvalue weighted by atomic mass is 32.2. The highest BCUT2D eigenvalue weighted by Crippen LogP contribution is 2.23. The fourth-order valence-electron chi connectivity index (χ4n) is 1.96. The molecule has 0 aliphatic carbocycles. The summed E-state index contributed by atoms with van der Waals surface area (Å²) in [6, 6.07) is 8.97. The number of carbonyl (C=O) groups excluding carboxylic acids is 3. The second-order valence-electron chi connectivity index (χ2n) is 4.96. The van der Waals surface area contributed by atoms with Crippen molar-refractivity contribution in [1.82, 2.24) is 5.32 Å². The Hall–Kier alpha value is -2.72. The van der Waals surface area contributed by atoms with Gasteiger partial charge in [-0.05, 0) is 30.5 Å². The number of imide groups is 1. The summed E-state index contributed by atoms with van der Waals surface area (Å²) in [4.78, 5) is 35.5. The van der Waals surface area contributed by atoms with Gasteiger partial charge in [-0.1, -0.05) is 18.2 Å². The maximum absolute atomic E-state index is 12.2. The van der Waals surface area contributed by atoms with E-state index in [9.17, 15) is 22.8 Å². The van der Waals surface area contributed by atoms with Crippen LogP contribution in [0.4, 0.5) is 9.80 Å². The molecule has 2 N–H and O–H groups in total. The van der Waals surface area contributed by atoms with Crippen molar-refractivity contribution in [2.24, 2.45) is 0 Å². The monoisotopic (exact) mass is 396 g/mol. The molecule has 26 heavy (non-hydrogen) atoms. The van der Waals surface area contributed by atoms with Crippen molar-refractivity contribution in [3.63, 3.8) is 0 Å². The summed E-state index contributed by atoms with van der Waals surface area (Å²) in [6.07, 6.45) is -0.910. The lowest BCUT2D eigenvalue weighted by Crippen LogP contribution is -2.31. The van der Waals surface area contributed by atoms with E-state index in [1.165, 1.54) is 23.6 Å². The van der Waals surface area contributed by atoms with Crippen LogP contribution in [0.1, 0.15) is 17.3 Å². The zero-order valence-electron chi connectivity index (χ0n) is 13.7. The van der Waals surface area contributed by atoms with Crippen molar-refractivity contribution >= 4 is 44.1 Å². The van der Waals surface area contributed by atoms with Gasteiger partial charge in [0.2, 0.25) is 5.91 Å². The molecule has 0 fully saturated rings. The van der Waals surface area contributed by atoms with Crippen molar-refractivity contribution in [3.05, 3.63) is 47.3 Å². The number of amides is 3. The van der Waals surface area contributed by atoms with E-state index in [4.69, 9.17) is 0 Å². The maximum Gasteiger partial charge on any atom is 0.414 e. The third-order valence-electron chi connectivity index (χ3n) is 3.08. The SMILES string of the molecule is CCOC(=O)NC(=O)c1ccsc1NC(=O)CS(=O)(=O)c1ccccc1. The Morgan fingerprint density at radius 2 is 1.81 bits per heavy atom. The van der Waals surface area contributed by atoms with Crippen LogP contribution in [-0.4, -0.2) is 38.7 Å². The smallest absolute Gasteiger partial charge is 0.414 e. The van der Waals surface area contributed by atoms with E-state index >= 15 is 0 Å². The molecular weight excluding hydrogens is 380 g/mol. The predicted molar refractivity (Wildman–Crippen MR) is 95.9 cm³/mol. The zero-order chi connectivity index (χ0) is 19.2. The average Bonchev–Trinajstić information content (AvgIpc) is 3.03. The largest absolute Gasteiger partial charge is 0.450 e. The van der Waals surface area contributed by atoms with E-state index in [0.717, 1.165) is 11.3 Å². The first-order valence-electron chi connectivity index (χ1n) is 7.46. The van der Waals surface area contributed by atoms with Crippen LogP contribution in [0, 0.1) is 0 Å². The van der Waals surface area contributed by atoms with Crippen LogP contribution in [0.5, 0.6) is 0 Å². The number of anilines is 1. The van der Waals surface area contributed by atoms with Gasteiger partial charge in [-0.2, -0.15) is 0 Å². The van der Waals surface area contributed by atoms with E-state index in [1.54, 1.807) is 25.1 Å². The number of hydrogen-bond acceptors (Lipinski definition) is 7. The minimum Gasteiger partial charge on any atom is -0.450 e. The number of sulfone groups is 1. The molecule has 10 heteroatoms. The normalized spacial score (nSPS) is 10.8. The quantitative estimate of drug-likeness (QED) is 0.771. The number of thiophene rings is 1. The Morgan fingerprint density at radius 3 is 2.46 bits per heavy atom. The second-order valence-corrected chi connectivity index (χ2v) is 7.86. The Balaban J connectivity index is 2.06. The van der Waals surface area contributed by atoms with Gasteiger partial charge in [0, 0.05) is 0 Å². The van der Waals surface area contributed by atoms with E-state index in [2.05, 4.69) is 10.1 Å². The summed E-state index contributed by atoms with van der Waals surface area (Å²) >= 11 is 1.03. The number of rotatable bonds is 6. The Morgan fingerprint density at radius 1 is 1.12 bits per heavy atom. The Kier molecular flexibility index (Phi) is 6.47. The third kappa shape index (κ3) is 5.14. The summed E-state index contributed by atoms with van der Waals surface area (Å²) < 4.78 is 29.0. The van der Waals surface area contributed by atoms with Gasteiger partial charge in [0.15, 0.2) is 9.84 Å². The lowest BCUT2D eigenvalue weighted by Gasteiger charge is -2.08. The number of carbonyl (C=O) groups is 3. The van der Waals surface area contributed by atoms with Gasteiger partial charge in [0.25, 0.3) is 5.91 Å². The molecule has 0 saturated carbocycles. The molecule has 2 rings (SSSR count). The second kappa shape index (κ2) is 8.59. The van der Waals surface area contributed by atoms with Crippen molar-refractivity contribution in [1.29, 1.82) is 0 Å². The summed E-state index contributed by atoms with van der Waals surface area (Å²) in [5.74, 6) is -2.32. The summed E-state index contributed by atoms with van der Waals surface area (Å²) in [6.45, 7) is 1.69. The van der Waals surface area contributed by atoms with Crippen LogP contribution in [0.3, 0.4) is 0 Å². The van der Waals surface area contributed by atoms with Crippen LogP contribution in [0.15, 0.2) is 46.7 Å². The van der Waals surface area contributed by atoms with Crippen molar-refractivity contribution in [2.45, 2.75) is 11.8 Å². The van der Waals surface area contributed by atoms with Crippen molar-refractivity contribution in [3.8, 4) is 0 Å². The molecule has 0 atom stereocenters. The number of hydrogen-bond donors (Lipinski definition) is 2. The summed E-state index contributed by atoms with van der Waals surface area (Å²) in [5, 5.41) is 6.07. The van der Waals surface area contributed by atoms with Crippen molar-refractivity contribution in [2.75, 3.05) is 17.7 Å². The van der Waals surface area contributed by atoms with E-state index < -0.39 is 33.5 Å². The molecule has 1 aromatic heterocycles. The molecule has 0 unspecified atom stereocenters. The molecule has 0 saturated heterocycles. The molecule has 138 valence electrons. The molecule has 1 aromatic carbocycles. The van der Waals surface area contributed by atoms with E-state index in [-0.39, 0.29) is 22.1 Å². The fourth-order valence-corrected chi connectivity index (χ4v) is 3.92. The van der Waals surface area contributed by atoms with Crippen molar-refractivity contribution < 1.29 is 27.5 Å². The number of ether oxygens (including phenoxy) is 1. The van der Waals surface area contributed by atoms with Gasteiger partial charge >= 0.3 is 6.09 Å². The minimum atomic E-state index is -3.80. The molecule has 2 aromatic rings. The first-order valence-corrected chi connectivity index (χ1v) is 10.00. The Bertz CT molecular complexity index is 906. The molecule has 0 aliphatic heterocycles. The van der Waals surface area contributed by atoms with E-state index in [1.807, 2.05) is 5.32 Å². The van der Waals surface area contributed by atoms with Gasteiger partial charge in [0.05, 0.1) is 17.1 Å². The number of nitrogens with one attached hydrogen (secondary N) is 2. The summed E-state index contributed by atoms with van der Waals surface area (Å²) in [5.41, 5.74) is 0.0357. The molecule has 0 radical (unpaired) electrons. The van der Waals surface area contributed by atoms with E-state index in [0.29, 0.717) is 0 Å². The van der Waals surface area contributed by atoms with Gasteiger partial charge in [0.1, 0.15) is 10.8 Å². The standard InChI is InChI=1S/C16H16N2O6S2/c1-2-24-16(21)18-14(20)12-8-9-25-15(12)17-13(19)10-26(22,23)11-6-4-3-5-7-11/h3-9H,2,10H2,1H3,(H,17,19)(H,18,20,21). The van der Waals surface area contributed by atoms with Crippen LogP contribution in [-0.2, 0) is 19.4 Å². The fraction of sp³-hybridized carbons (Fsp3) is 0.188. The maximum atomic E-state index is 12.2. The van der Waals surface area contributed by atoms with Gasteiger partial charge in [-0.3, -0.25) is 14.9 Å². The first-order chi connectivity index (χ1) is 12.3. The molecule has 0 spiro atoms. The van der Waals surface area contributed by atoms with Crippen LogP contribution >= 0.6 is 11.3 Å².